The van der Waals surface area contributed by atoms with Crippen molar-refractivity contribution in [2.24, 2.45) is 0 Å². The van der Waals surface area contributed by atoms with Crippen LogP contribution in [-0.4, -0.2) is 43.8 Å². The van der Waals surface area contributed by atoms with Crippen molar-refractivity contribution in [1.29, 1.82) is 0 Å². The number of methoxy groups -OCH3 is 2. The summed E-state index contributed by atoms with van der Waals surface area (Å²) < 4.78 is 15.8. The van der Waals surface area contributed by atoms with Gasteiger partial charge in [-0.25, -0.2) is 0 Å². The minimum Gasteiger partial charge on any atom is -0.495 e. The summed E-state index contributed by atoms with van der Waals surface area (Å²) in [6, 6.07) is 1.69. The maximum Gasteiger partial charge on any atom is 0.196 e. The lowest BCUT2D eigenvalue weighted by Crippen LogP contribution is -2.45. The van der Waals surface area contributed by atoms with Gasteiger partial charge in [-0.3, -0.25) is 9.78 Å². The number of hydrogen-bond donors (Lipinski definition) is 0. The van der Waals surface area contributed by atoms with Gasteiger partial charge in [0.15, 0.2) is 5.78 Å². The Morgan fingerprint density at radius 1 is 1.33 bits per heavy atom. The first kappa shape index (κ1) is 13.0. The summed E-state index contributed by atoms with van der Waals surface area (Å²) in [5, 5.41) is 0. The fourth-order valence-electron chi connectivity index (χ4n) is 2.14. The summed E-state index contributed by atoms with van der Waals surface area (Å²) in [6.45, 7) is 1.08. The molecule has 5 heteroatoms. The van der Waals surface area contributed by atoms with Gasteiger partial charge in [0.1, 0.15) is 11.4 Å². The van der Waals surface area contributed by atoms with E-state index in [1.54, 1.807) is 32.7 Å². The molecule has 1 aliphatic rings. The molecule has 0 aliphatic carbocycles. The van der Waals surface area contributed by atoms with Crippen molar-refractivity contribution in [2.75, 3.05) is 27.4 Å². The Morgan fingerprint density at radius 3 is 2.67 bits per heavy atom. The van der Waals surface area contributed by atoms with E-state index in [1.807, 2.05) is 0 Å². The standard InChI is InChI=1S/C13H17NO4/c1-16-11-7-10(8-14-9-11)12(15)13(17-2)3-5-18-6-4-13/h7-9H,3-6H2,1-2H3. The molecule has 0 radical (unpaired) electrons. The molecule has 1 aliphatic heterocycles. The lowest BCUT2D eigenvalue weighted by atomic mass is 9.86. The Bertz CT molecular complexity index is 427. The van der Waals surface area contributed by atoms with Crippen molar-refractivity contribution in [3.63, 3.8) is 0 Å². The Kier molecular flexibility index (Phi) is 3.93. The largest absolute Gasteiger partial charge is 0.495 e. The van der Waals surface area contributed by atoms with Gasteiger partial charge in [0.05, 0.1) is 13.3 Å². The van der Waals surface area contributed by atoms with E-state index in [1.165, 1.54) is 0 Å². The number of ketones is 1. The zero-order valence-corrected chi connectivity index (χ0v) is 10.6. The van der Waals surface area contributed by atoms with Crippen LogP contribution in [0.2, 0.25) is 0 Å². The van der Waals surface area contributed by atoms with Gasteiger partial charge < -0.3 is 14.2 Å². The molecule has 2 rings (SSSR count). The third-order valence-electron chi connectivity index (χ3n) is 3.32. The molecule has 0 amide bonds. The number of carbonyl (C=O) groups excluding carboxylic acids is 1. The topological polar surface area (TPSA) is 57.7 Å². The highest BCUT2D eigenvalue weighted by Crippen LogP contribution is 2.29. The van der Waals surface area contributed by atoms with E-state index in [4.69, 9.17) is 14.2 Å². The summed E-state index contributed by atoms with van der Waals surface area (Å²) in [7, 11) is 3.11. The number of aromatic nitrogens is 1. The summed E-state index contributed by atoms with van der Waals surface area (Å²) in [5.74, 6) is 0.513. The monoisotopic (exact) mass is 251 g/mol. The van der Waals surface area contributed by atoms with Crippen LogP contribution in [0.1, 0.15) is 23.2 Å². The summed E-state index contributed by atoms with van der Waals surface area (Å²) in [5.41, 5.74) is -0.273. The molecular weight excluding hydrogens is 234 g/mol. The molecule has 1 fully saturated rings. The second-order valence-corrected chi connectivity index (χ2v) is 4.25. The van der Waals surface area contributed by atoms with E-state index in [9.17, 15) is 4.79 Å². The number of carbonyl (C=O) groups is 1. The highest BCUT2D eigenvalue weighted by atomic mass is 16.5. The van der Waals surface area contributed by atoms with Crippen LogP contribution < -0.4 is 4.74 Å². The molecular formula is C13H17NO4. The highest BCUT2D eigenvalue weighted by Gasteiger charge is 2.40. The van der Waals surface area contributed by atoms with E-state index >= 15 is 0 Å². The lowest BCUT2D eigenvalue weighted by Gasteiger charge is -2.34. The molecule has 1 saturated heterocycles. The first-order chi connectivity index (χ1) is 8.72. The van der Waals surface area contributed by atoms with Crippen LogP contribution >= 0.6 is 0 Å². The highest BCUT2D eigenvalue weighted by molar-refractivity contribution is 6.02. The van der Waals surface area contributed by atoms with Crippen molar-refractivity contribution in [2.45, 2.75) is 18.4 Å². The molecule has 2 heterocycles. The van der Waals surface area contributed by atoms with Gasteiger partial charge in [0, 0.05) is 44.9 Å². The fourth-order valence-corrected chi connectivity index (χ4v) is 2.14. The zero-order valence-electron chi connectivity index (χ0n) is 10.6. The van der Waals surface area contributed by atoms with E-state index < -0.39 is 5.60 Å². The number of ether oxygens (including phenoxy) is 3. The second kappa shape index (κ2) is 5.46. The average molecular weight is 251 g/mol. The van der Waals surface area contributed by atoms with E-state index in [2.05, 4.69) is 4.98 Å². The average Bonchev–Trinajstić information content (AvgIpc) is 2.47. The fraction of sp³-hybridized carbons (Fsp3) is 0.538. The number of hydrogen-bond acceptors (Lipinski definition) is 5. The van der Waals surface area contributed by atoms with Crippen LogP contribution in [0.15, 0.2) is 18.5 Å². The van der Waals surface area contributed by atoms with Crippen LogP contribution in [0, 0.1) is 0 Å². The van der Waals surface area contributed by atoms with Gasteiger partial charge in [-0.2, -0.15) is 0 Å². The van der Waals surface area contributed by atoms with Gasteiger partial charge in [0.25, 0.3) is 0 Å². The van der Waals surface area contributed by atoms with Crippen LogP contribution in [0.4, 0.5) is 0 Å². The molecule has 0 saturated carbocycles. The predicted molar refractivity (Wildman–Crippen MR) is 64.9 cm³/mol. The molecule has 0 atom stereocenters. The molecule has 0 bridgehead atoms. The van der Waals surface area contributed by atoms with Gasteiger partial charge in [-0.15, -0.1) is 0 Å². The third-order valence-corrected chi connectivity index (χ3v) is 3.32. The number of Topliss-reactive ketones (excluding diaryl/α,β-unsaturated/α-hetero) is 1. The Labute approximate surface area is 106 Å². The summed E-state index contributed by atoms with van der Waals surface area (Å²) in [4.78, 5) is 16.5. The van der Waals surface area contributed by atoms with Crippen LogP contribution in [0.25, 0.3) is 0 Å². The second-order valence-electron chi connectivity index (χ2n) is 4.25. The third kappa shape index (κ3) is 2.37. The lowest BCUT2D eigenvalue weighted by molar-refractivity contribution is -0.0663. The van der Waals surface area contributed by atoms with Gasteiger partial charge in [0.2, 0.25) is 0 Å². The minimum absolute atomic E-state index is 0.0558. The first-order valence-corrected chi connectivity index (χ1v) is 5.88. The normalized spacial score (nSPS) is 18.3. The number of nitrogens with zero attached hydrogens (tertiary/aromatic N) is 1. The van der Waals surface area contributed by atoms with Gasteiger partial charge in [-0.1, -0.05) is 0 Å². The van der Waals surface area contributed by atoms with Crippen LogP contribution in [0.5, 0.6) is 5.75 Å². The molecule has 18 heavy (non-hydrogen) atoms. The minimum atomic E-state index is -0.785. The molecule has 98 valence electrons. The van der Waals surface area contributed by atoms with E-state index in [0.717, 1.165) is 0 Å². The quantitative estimate of drug-likeness (QED) is 0.758. The predicted octanol–water partition coefficient (Wildman–Crippen LogP) is 1.47. The SMILES string of the molecule is COc1cncc(C(=O)C2(OC)CCOCC2)c1. The molecule has 0 unspecified atom stereocenters. The molecule has 0 N–H and O–H groups in total. The maximum absolute atomic E-state index is 12.5. The van der Waals surface area contributed by atoms with E-state index in [0.29, 0.717) is 37.4 Å². The smallest absolute Gasteiger partial charge is 0.196 e. The van der Waals surface area contributed by atoms with Crippen LogP contribution in [-0.2, 0) is 9.47 Å². The molecule has 1 aromatic heterocycles. The summed E-state index contributed by atoms with van der Waals surface area (Å²) in [6.07, 6.45) is 4.25. The van der Waals surface area contributed by atoms with Gasteiger partial charge in [-0.05, 0) is 6.07 Å². The van der Waals surface area contributed by atoms with Crippen molar-refractivity contribution in [1.82, 2.24) is 4.98 Å². The van der Waals surface area contributed by atoms with Crippen molar-refractivity contribution in [3.05, 3.63) is 24.0 Å². The van der Waals surface area contributed by atoms with Crippen LogP contribution in [0.3, 0.4) is 0 Å². The Hall–Kier alpha value is -1.46. The summed E-state index contributed by atoms with van der Waals surface area (Å²) >= 11 is 0. The Balaban J connectivity index is 2.27. The molecule has 0 aromatic carbocycles. The first-order valence-electron chi connectivity index (χ1n) is 5.88. The zero-order chi connectivity index (χ0) is 13.0. The maximum atomic E-state index is 12.5. The van der Waals surface area contributed by atoms with Crippen molar-refractivity contribution >= 4 is 5.78 Å². The Morgan fingerprint density at radius 2 is 2.06 bits per heavy atom. The number of pyridine rings is 1. The van der Waals surface area contributed by atoms with Crippen molar-refractivity contribution in [3.8, 4) is 5.75 Å². The molecule has 1 aromatic rings. The van der Waals surface area contributed by atoms with E-state index in [-0.39, 0.29) is 5.78 Å². The molecule has 5 nitrogen and oxygen atoms in total. The molecule has 0 spiro atoms. The number of rotatable bonds is 4. The van der Waals surface area contributed by atoms with Crippen molar-refractivity contribution < 1.29 is 19.0 Å². The van der Waals surface area contributed by atoms with Gasteiger partial charge >= 0.3 is 0 Å².